The third kappa shape index (κ3) is 2.98. The van der Waals surface area contributed by atoms with Gasteiger partial charge in [0.05, 0.1) is 0 Å². The van der Waals surface area contributed by atoms with Crippen LogP contribution >= 0.6 is 0 Å². The first-order chi connectivity index (χ1) is 13.8. The van der Waals surface area contributed by atoms with Gasteiger partial charge in [-0.3, -0.25) is 4.79 Å². The van der Waals surface area contributed by atoms with Crippen molar-refractivity contribution < 1.29 is 18.8 Å². The van der Waals surface area contributed by atoms with Crippen molar-refractivity contribution in [1.29, 1.82) is 0 Å². The number of carbonyl (C=O) groups excluding carboxylic acids is 1. The van der Waals surface area contributed by atoms with E-state index in [1.54, 1.807) is 18.2 Å². The number of amides is 1. The second-order valence-corrected chi connectivity index (χ2v) is 6.90. The van der Waals surface area contributed by atoms with E-state index in [1.807, 2.05) is 35.2 Å². The van der Waals surface area contributed by atoms with Gasteiger partial charge < -0.3 is 18.9 Å². The smallest absolute Gasteiger partial charge is 0.254 e. The zero-order chi connectivity index (χ0) is 18.9. The van der Waals surface area contributed by atoms with E-state index in [0.717, 1.165) is 24.8 Å². The second-order valence-electron chi connectivity index (χ2n) is 6.90. The minimum atomic E-state index is -0.225. The second kappa shape index (κ2) is 6.99. The molecule has 0 saturated carbocycles. The van der Waals surface area contributed by atoms with E-state index in [4.69, 9.17) is 14.0 Å². The summed E-state index contributed by atoms with van der Waals surface area (Å²) in [6, 6.07) is 14.7. The largest absolute Gasteiger partial charge is 0.454 e. The van der Waals surface area contributed by atoms with Gasteiger partial charge in [-0.1, -0.05) is 35.5 Å². The summed E-state index contributed by atoms with van der Waals surface area (Å²) in [5, 5.41) is 4.11. The molecule has 0 N–H and O–H groups in total. The lowest BCUT2D eigenvalue weighted by molar-refractivity contribution is 0.0561. The summed E-state index contributed by atoms with van der Waals surface area (Å²) in [4.78, 5) is 19.6. The minimum absolute atomic E-state index is 0.0672. The summed E-state index contributed by atoms with van der Waals surface area (Å²) >= 11 is 0. The molecule has 7 heteroatoms. The molecule has 1 atom stereocenters. The molecule has 0 spiro atoms. The van der Waals surface area contributed by atoms with Gasteiger partial charge in [0, 0.05) is 17.7 Å². The molecule has 1 amide bonds. The van der Waals surface area contributed by atoms with Crippen LogP contribution < -0.4 is 9.47 Å². The van der Waals surface area contributed by atoms with Crippen LogP contribution in [0, 0.1) is 0 Å². The summed E-state index contributed by atoms with van der Waals surface area (Å²) in [6.45, 7) is 0.838. The molecule has 142 valence electrons. The van der Waals surface area contributed by atoms with E-state index in [0.29, 0.717) is 35.3 Å². The van der Waals surface area contributed by atoms with Crippen molar-refractivity contribution >= 4 is 5.91 Å². The van der Waals surface area contributed by atoms with E-state index < -0.39 is 0 Å². The van der Waals surface area contributed by atoms with Crippen molar-refractivity contribution in [2.45, 2.75) is 25.3 Å². The summed E-state index contributed by atoms with van der Waals surface area (Å²) in [5.74, 6) is 2.21. The molecule has 3 heterocycles. The zero-order valence-electron chi connectivity index (χ0n) is 15.2. The molecule has 1 aromatic heterocycles. The highest BCUT2D eigenvalue weighted by Gasteiger charge is 2.33. The van der Waals surface area contributed by atoms with Crippen LogP contribution in [0.5, 0.6) is 11.5 Å². The number of fused-ring (bicyclic) bond motifs is 1. The number of rotatable bonds is 3. The zero-order valence-corrected chi connectivity index (χ0v) is 15.2. The van der Waals surface area contributed by atoms with Crippen LogP contribution in [-0.2, 0) is 0 Å². The fourth-order valence-corrected chi connectivity index (χ4v) is 3.70. The van der Waals surface area contributed by atoms with Gasteiger partial charge in [-0.15, -0.1) is 0 Å². The van der Waals surface area contributed by atoms with Gasteiger partial charge in [-0.25, -0.2) is 0 Å². The van der Waals surface area contributed by atoms with Crippen LogP contribution in [0.4, 0.5) is 0 Å². The van der Waals surface area contributed by atoms with E-state index in [9.17, 15) is 4.79 Å². The molecule has 1 saturated heterocycles. The standard InChI is InChI=1S/C21H19N3O4/c25-21(15-9-10-17-18(12-15)27-13-26-17)24-11-5-4-8-16(24)20-22-19(23-28-20)14-6-2-1-3-7-14/h1-3,6-7,9-10,12,16H,4-5,8,11,13H2/t16-/m0/s1. The first-order valence-corrected chi connectivity index (χ1v) is 9.39. The number of hydrogen-bond donors (Lipinski definition) is 0. The van der Waals surface area contributed by atoms with Gasteiger partial charge in [-0.05, 0) is 37.5 Å². The topological polar surface area (TPSA) is 77.7 Å². The number of likely N-dealkylation sites (tertiary alicyclic amines) is 1. The number of carbonyl (C=O) groups is 1. The normalized spacial score (nSPS) is 18.3. The Kier molecular flexibility index (Phi) is 4.20. The van der Waals surface area contributed by atoms with Gasteiger partial charge >= 0.3 is 0 Å². The third-order valence-electron chi connectivity index (χ3n) is 5.14. The molecule has 7 nitrogen and oxygen atoms in total. The summed E-state index contributed by atoms with van der Waals surface area (Å²) in [7, 11) is 0. The first kappa shape index (κ1) is 16.8. The number of ether oxygens (including phenoxy) is 2. The van der Waals surface area contributed by atoms with Crippen LogP contribution in [0.3, 0.4) is 0 Å². The van der Waals surface area contributed by atoms with Crippen LogP contribution in [0.15, 0.2) is 53.1 Å². The highest BCUT2D eigenvalue weighted by molar-refractivity contribution is 5.95. The van der Waals surface area contributed by atoms with Crippen molar-refractivity contribution in [2.24, 2.45) is 0 Å². The number of benzene rings is 2. The van der Waals surface area contributed by atoms with Crippen molar-refractivity contribution in [3.63, 3.8) is 0 Å². The maximum absolute atomic E-state index is 13.2. The maximum atomic E-state index is 13.2. The number of nitrogens with zero attached hydrogens (tertiary/aromatic N) is 3. The molecule has 0 unspecified atom stereocenters. The molecule has 28 heavy (non-hydrogen) atoms. The van der Waals surface area contributed by atoms with Gasteiger partial charge in [0.1, 0.15) is 6.04 Å². The Hall–Kier alpha value is -3.35. The van der Waals surface area contributed by atoms with Gasteiger partial charge in [-0.2, -0.15) is 4.98 Å². The molecule has 2 aliphatic rings. The predicted octanol–water partition coefficient (Wildman–Crippen LogP) is 3.83. The van der Waals surface area contributed by atoms with Crippen LogP contribution in [0.2, 0.25) is 0 Å². The fraction of sp³-hybridized carbons (Fsp3) is 0.286. The van der Waals surface area contributed by atoms with E-state index >= 15 is 0 Å². The highest BCUT2D eigenvalue weighted by Crippen LogP contribution is 2.36. The molecule has 0 radical (unpaired) electrons. The molecular formula is C21H19N3O4. The van der Waals surface area contributed by atoms with Gasteiger partial charge in [0.2, 0.25) is 18.5 Å². The highest BCUT2D eigenvalue weighted by atomic mass is 16.7. The van der Waals surface area contributed by atoms with E-state index in [2.05, 4.69) is 10.1 Å². The molecule has 1 fully saturated rings. The SMILES string of the molecule is O=C(c1ccc2c(c1)OCO2)N1CCCC[C@H]1c1nc(-c2ccccc2)no1. The number of hydrogen-bond acceptors (Lipinski definition) is 6. The lowest BCUT2D eigenvalue weighted by atomic mass is 10.0. The van der Waals surface area contributed by atoms with Gasteiger partial charge in [0.25, 0.3) is 5.91 Å². The number of aromatic nitrogens is 2. The first-order valence-electron chi connectivity index (χ1n) is 9.39. The average Bonchev–Trinajstić information content (AvgIpc) is 3.43. The van der Waals surface area contributed by atoms with Crippen LogP contribution in [0.25, 0.3) is 11.4 Å². The Morgan fingerprint density at radius 1 is 1.04 bits per heavy atom. The fourth-order valence-electron chi connectivity index (χ4n) is 3.70. The van der Waals surface area contributed by atoms with Crippen molar-refractivity contribution in [1.82, 2.24) is 15.0 Å². The lowest BCUT2D eigenvalue weighted by Crippen LogP contribution is -2.38. The third-order valence-corrected chi connectivity index (χ3v) is 5.14. The Bertz CT molecular complexity index is 1000. The Balaban J connectivity index is 1.42. The Labute approximate surface area is 161 Å². The molecule has 0 aliphatic carbocycles. The predicted molar refractivity (Wildman–Crippen MR) is 99.9 cm³/mol. The summed E-state index contributed by atoms with van der Waals surface area (Å²) in [5.41, 5.74) is 1.46. The molecule has 2 aliphatic heterocycles. The van der Waals surface area contributed by atoms with Gasteiger partial charge in [0.15, 0.2) is 11.5 Å². The van der Waals surface area contributed by atoms with Crippen molar-refractivity contribution in [2.75, 3.05) is 13.3 Å². The van der Waals surface area contributed by atoms with Crippen molar-refractivity contribution in [3.05, 3.63) is 60.0 Å². The molecular weight excluding hydrogens is 358 g/mol. The quantitative estimate of drug-likeness (QED) is 0.690. The molecule has 0 bridgehead atoms. The molecule has 5 rings (SSSR count). The maximum Gasteiger partial charge on any atom is 0.254 e. The van der Waals surface area contributed by atoms with Crippen LogP contribution in [0.1, 0.15) is 41.6 Å². The van der Waals surface area contributed by atoms with Crippen molar-refractivity contribution in [3.8, 4) is 22.9 Å². The van der Waals surface area contributed by atoms with Crippen LogP contribution in [-0.4, -0.2) is 34.3 Å². The Morgan fingerprint density at radius 2 is 1.89 bits per heavy atom. The average molecular weight is 377 g/mol. The number of piperidine rings is 1. The van der Waals surface area contributed by atoms with E-state index in [1.165, 1.54) is 0 Å². The monoisotopic (exact) mass is 377 g/mol. The molecule has 2 aromatic carbocycles. The van der Waals surface area contributed by atoms with E-state index in [-0.39, 0.29) is 18.7 Å². The Morgan fingerprint density at radius 3 is 2.79 bits per heavy atom. The summed E-state index contributed by atoms with van der Waals surface area (Å²) < 4.78 is 16.3. The summed E-state index contributed by atoms with van der Waals surface area (Å²) in [6.07, 6.45) is 2.76. The molecule has 3 aromatic rings. The lowest BCUT2D eigenvalue weighted by Gasteiger charge is -2.33. The minimum Gasteiger partial charge on any atom is -0.454 e.